The number of alkyl halides is 2. The Labute approximate surface area is 225 Å². The lowest BCUT2D eigenvalue weighted by atomic mass is 9.94. The Bertz CT molecular complexity index is 1600. The van der Waals surface area contributed by atoms with E-state index in [1.54, 1.807) is 12.1 Å². The molecule has 0 unspecified atom stereocenters. The molecule has 0 aliphatic rings. The Kier molecular flexibility index (Phi) is 7.63. The molecule has 8 heteroatoms. The second kappa shape index (κ2) is 10.9. The number of carbonyl (C=O) groups excluding carboxylic acids is 2. The van der Waals surface area contributed by atoms with Gasteiger partial charge < -0.3 is 11.1 Å². The zero-order valence-electron chi connectivity index (χ0n) is 22.0. The summed E-state index contributed by atoms with van der Waals surface area (Å²) in [6, 6.07) is 19.2. The van der Waals surface area contributed by atoms with E-state index in [1.165, 1.54) is 36.1 Å². The van der Waals surface area contributed by atoms with Crippen molar-refractivity contribution in [2.45, 2.75) is 27.2 Å². The van der Waals surface area contributed by atoms with E-state index in [4.69, 9.17) is 5.73 Å². The van der Waals surface area contributed by atoms with Gasteiger partial charge >= 0.3 is 0 Å². The summed E-state index contributed by atoms with van der Waals surface area (Å²) >= 11 is 0. The Balaban J connectivity index is 1.75. The molecule has 0 saturated carbocycles. The molecule has 0 aliphatic heterocycles. The molecule has 1 heterocycles. The highest BCUT2D eigenvalue weighted by atomic mass is 19.3. The molecule has 0 aliphatic carbocycles. The minimum atomic E-state index is -2.88. The number of rotatable bonds is 6. The van der Waals surface area contributed by atoms with E-state index in [0.29, 0.717) is 5.69 Å². The molecular formula is C31H28F2N4O2. The quantitative estimate of drug-likeness (QED) is 0.283. The number of amides is 2. The van der Waals surface area contributed by atoms with E-state index >= 15 is 0 Å². The number of hydrogen-bond acceptors (Lipinski definition) is 3. The Morgan fingerprint density at radius 2 is 1.62 bits per heavy atom. The van der Waals surface area contributed by atoms with E-state index in [-0.39, 0.29) is 27.7 Å². The maximum atomic E-state index is 13.8. The molecule has 4 aromatic rings. The van der Waals surface area contributed by atoms with Crippen LogP contribution in [0.1, 0.15) is 59.2 Å². The monoisotopic (exact) mass is 526 g/mol. The summed E-state index contributed by atoms with van der Waals surface area (Å²) in [5, 5.41) is 6.70. The highest BCUT2D eigenvalue weighted by molar-refractivity contribution is 6.16. The molecule has 1 aromatic heterocycles. The van der Waals surface area contributed by atoms with Gasteiger partial charge in [-0.1, -0.05) is 54.3 Å². The summed E-state index contributed by atoms with van der Waals surface area (Å²) in [6.07, 6.45) is -1.50. The van der Waals surface area contributed by atoms with Crippen molar-refractivity contribution in [1.29, 1.82) is 0 Å². The van der Waals surface area contributed by atoms with Gasteiger partial charge in [0.25, 0.3) is 12.3 Å². The number of aryl methyl sites for hydroxylation is 1. The first-order valence-electron chi connectivity index (χ1n) is 12.2. The van der Waals surface area contributed by atoms with Crippen LogP contribution in [0.25, 0.3) is 22.3 Å². The number of primary amides is 1. The van der Waals surface area contributed by atoms with Crippen molar-refractivity contribution < 1.29 is 18.4 Å². The van der Waals surface area contributed by atoms with Gasteiger partial charge in [0.05, 0.1) is 11.1 Å². The highest BCUT2D eigenvalue weighted by Crippen LogP contribution is 2.35. The average molecular weight is 527 g/mol. The Hall–Kier alpha value is -4.77. The van der Waals surface area contributed by atoms with Crippen LogP contribution in [-0.4, -0.2) is 21.6 Å². The minimum Gasteiger partial charge on any atom is -0.366 e. The summed E-state index contributed by atoms with van der Waals surface area (Å²) in [7, 11) is 1.50. The van der Waals surface area contributed by atoms with Crippen molar-refractivity contribution >= 4 is 17.5 Å². The number of carbonyl (C=O) groups is 2. The normalized spacial score (nSPS) is 11.2. The highest BCUT2D eigenvalue weighted by Gasteiger charge is 2.26. The van der Waals surface area contributed by atoms with E-state index in [0.717, 1.165) is 16.7 Å². The van der Waals surface area contributed by atoms with Crippen molar-refractivity contribution in [3.63, 3.8) is 0 Å². The number of hydrogen-bond donors (Lipinski definition) is 2. The van der Waals surface area contributed by atoms with E-state index in [9.17, 15) is 18.4 Å². The lowest BCUT2D eigenvalue weighted by Crippen LogP contribution is -2.21. The summed E-state index contributed by atoms with van der Waals surface area (Å²) in [5.74, 6) is 4.84. The van der Waals surface area contributed by atoms with Crippen LogP contribution in [0.15, 0.2) is 72.9 Å². The first kappa shape index (κ1) is 27.3. The molecule has 198 valence electrons. The van der Waals surface area contributed by atoms with Gasteiger partial charge in [-0.3, -0.25) is 14.3 Å². The molecule has 2 amide bonds. The van der Waals surface area contributed by atoms with Crippen molar-refractivity contribution in [3.05, 3.63) is 95.3 Å². The Morgan fingerprint density at radius 3 is 2.26 bits per heavy atom. The van der Waals surface area contributed by atoms with Gasteiger partial charge in [-0.25, -0.2) is 8.78 Å². The van der Waals surface area contributed by atoms with Gasteiger partial charge in [0.15, 0.2) is 0 Å². The van der Waals surface area contributed by atoms with E-state index < -0.39 is 23.9 Å². The third kappa shape index (κ3) is 6.21. The van der Waals surface area contributed by atoms with Gasteiger partial charge in [-0.05, 0) is 56.2 Å². The second-order valence-electron chi connectivity index (χ2n) is 10.1. The zero-order chi connectivity index (χ0) is 28.3. The maximum absolute atomic E-state index is 13.8. The SMILES string of the molecule is Cn1cc(-c2cccc(C(N)=O)c2C(=O)Nc2ccccc2-c2ccc(C#CC(C)(C)C)cc2)c(C(F)F)n1. The van der Waals surface area contributed by atoms with Crippen LogP contribution in [0.4, 0.5) is 14.5 Å². The number of para-hydroxylation sites is 1. The number of halogens is 2. The summed E-state index contributed by atoms with van der Waals surface area (Å²) < 4.78 is 28.8. The van der Waals surface area contributed by atoms with Crippen LogP contribution in [0, 0.1) is 17.3 Å². The number of nitrogens with zero attached hydrogens (tertiary/aromatic N) is 2. The van der Waals surface area contributed by atoms with E-state index in [1.807, 2.05) is 57.2 Å². The molecule has 4 rings (SSSR count). The second-order valence-corrected chi connectivity index (χ2v) is 10.1. The number of anilines is 1. The molecule has 0 spiro atoms. The third-order valence-corrected chi connectivity index (χ3v) is 5.86. The minimum absolute atomic E-state index is 0.0426. The van der Waals surface area contributed by atoms with Crippen LogP contribution in [0.5, 0.6) is 0 Å². The van der Waals surface area contributed by atoms with Crippen LogP contribution < -0.4 is 11.1 Å². The predicted molar refractivity (Wildman–Crippen MR) is 148 cm³/mol. The van der Waals surface area contributed by atoms with Crippen LogP contribution in [-0.2, 0) is 7.05 Å². The largest absolute Gasteiger partial charge is 0.366 e. The smallest absolute Gasteiger partial charge is 0.282 e. The maximum Gasteiger partial charge on any atom is 0.282 e. The number of benzene rings is 3. The summed E-state index contributed by atoms with van der Waals surface area (Å²) in [4.78, 5) is 26.0. The molecule has 3 N–H and O–H groups in total. The summed E-state index contributed by atoms with van der Waals surface area (Å²) in [5.41, 5.74) is 7.84. The Morgan fingerprint density at radius 1 is 0.949 bits per heavy atom. The van der Waals surface area contributed by atoms with E-state index in [2.05, 4.69) is 22.3 Å². The first-order valence-corrected chi connectivity index (χ1v) is 12.2. The molecular weight excluding hydrogens is 498 g/mol. The molecule has 0 atom stereocenters. The zero-order valence-corrected chi connectivity index (χ0v) is 22.0. The predicted octanol–water partition coefficient (Wildman–Crippen LogP) is 6.44. The third-order valence-electron chi connectivity index (χ3n) is 5.86. The van der Waals surface area contributed by atoms with Crippen molar-refractivity contribution in [2.75, 3.05) is 5.32 Å². The van der Waals surface area contributed by atoms with Gasteiger partial charge in [-0.15, -0.1) is 0 Å². The van der Waals surface area contributed by atoms with Crippen LogP contribution in [0.3, 0.4) is 0 Å². The lowest BCUT2D eigenvalue weighted by molar-refractivity contribution is 0.0977. The molecule has 39 heavy (non-hydrogen) atoms. The van der Waals surface area contributed by atoms with Gasteiger partial charge in [0, 0.05) is 41.0 Å². The fourth-order valence-electron chi connectivity index (χ4n) is 4.12. The number of nitrogens with one attached hydrogen (secondary N) is 1. The molecule has 6 nitrogen and oxygen atoms in total. The topological polar surface area (TPSA) is 90.0 Å². The van der Waals surface area contributed by atoms with Gasteiger partial charge in [0.1, 0.15) is 5.69 Å². The fraction of sp³-hybridized carbons (Fsp3) is 0.194. The molecule has 0 radical (unpaired) electrons. The molecule has 0 saturated heterocycles. The van der Waals surface area contributed by atoms with Crippen molar-refractivity contribution in [2.24, 2.45) is 18.2 Å². The van der Waals surface area contributed by atoms with Crippen molar-refractivity contribution in [1.82, 2.24) is 9.78 Å². The number of aromatic nitrogens is 2. The standard InChI is InChI=1S/C31H28F2N4O2/c1-31(2,3)17-16-19-12-14-20(15-13-19)21-8-5-6-11-25(21)35-30(39)26-22(9-7-10-23(26)29(34)38)24-18-37(4)36-27(24)28(32)33/h5-15,18,28H,1-4H3,(H2,34,38)(H,35,39). The lowest BCUT2D eigenvalue weighted by Gasteiger charge is -2.16. The number of nitrogens with two attached hydrogens (primary N) is 1. The van der Waals surface area contributed by atoms with Crippen molar-refractivity contribution in [3.8, 4) is 34.1 Å². The van der Waals surface area contributed by atoms with Crippen LogP contribution >= 0.6 is 0 Å². The van der Waals surface area contributed by atoms with Crippen LogP contribution in [0.2, 0.25) is 0 Å². The first-order chi connectivity index (χ1) is 18.4. The molecule has 3 aromatic carbocycles. The molecule has 0 bridgehead atoms. The van der Waals surface area contributed by atoms with Gasteiger partial charge in [0.2, 0.25) is 5.91 Å². The fourth-order valence-corrected chi connectivity index (χ4v) is 4.12. The van der Waals surface area contributed by atoms with Gasteiger partial charge in [-0.2, -0.15) is 5.10 Å². The average Bonchev–Trinajstić information content (AvgIpc) is 3.29. The summed E-state index contributed by atoms with van der Waals surface area (Å²) in [6.45, 7) is 6.12. The molecule has 0 fully saturated rings.